The van der Waals surface area contributed by atoms with Crippen molar-refractivity contribution in [2.45, 2.75) is 25.4 Å². The predicted octanol–water partition coefficient (Wildman–Crippen LogP) is 1.28. The van der Waals surface area contributed by atoms with Crippen LogP contribution >= 0.6 is 11.6 Å². The van der Waals surface area contributed by atoms with Crippen LogP contribution in [0.4, 0.5) is 5.95 Å². The second-order valence-electron chi connectivity index (χ2n) is 4.82. The molecule has 0 bridgehead atoms. The van der Waals surface area contributed by atoms with Gasteiger partial charge in [0, 0.05) is 24.9 Å². The third-order valence-electron chi connectivity index (χ3n) is 3.45. The molecule has 0 spiro atoms. The second kappa shape index (κ2) is 5.72. The van der Waals surface area contributed by atoms with Crippen molar-refractivity contribution in [1.82, 2.24) is 24.7 Å². The molecule has 1 aliphatic rings. The van der Waals surface area contributed by atoms with Crippen LogP contribution < -0.4 is 5.32 Å². The number of aliphatic hydroxyl groups is 1. The van der Waals surface area contributed by atoms with E-state index in [1.165, 1.54) is 4.68 Å². The zero-order valence-electron chi connectivity index (χ0n) is 10.8. The van der Waals surface area contributed by atoms with E-state index in [-0.39, 0.29) is 17.3 Å². The van der Waals surface area contributed by atoms with Crippen LogP contribution in [0.5, 0.6) is 0 Å². The molecule has 2 unspecified atom stereocenters. The standard InChI is InChI=1S/C12H15ClN6O/c13-10-16-11(14-7-8-3-1-4-9(8)20)18-12(17-10)19-6-2-5-15-19/h2,5-6,8-9,20H,1,3-4,7H2,(H,14,16,17,18). The highest BCUT2D eigenvalue weighted by Gasteiger charge is 2.25. The van der Waals surface area contributed by atoms with Gasteiger partial charge >= 0.3 is 0 Å². The molecule has 2 aromatic rings. The molecule has 3 rings (SSSR count). The number of hydrogen-bond donors (Lipinski definition) is 2. The van der Waals surface area contributed by atoms with Crippen molar-refractivity contribution >= 4 is 17.5 Å². The van der Waals surface area contributed by atoms with Gasteiger partial charge in [-0.25, -0.2) is 4.68 Å². The Balaban J connectivity index is 1.73. The van der Waals surface area contributed by atoms with Crippen LogP contribution in [0.1, 0.15) is 19.3 Å². The van der Waals surface area contributed by atoms with Crippen LogP contribution in [0, 0.1) is 5.92 Å². The molecule has 7 nitrogen and oxygen atoms in total. The van der Waals surface area contributed by atoms with Crippen molar-refractivity contribution in [2.24, 2.45) is 5.92 Å². The summed E-state index contributed by atoms with van der Waals surface area (Å²) >= 11 is 5.90. The Morgan fingerprint density at radius 2 is 2.25 bits per heavy atom. The van der Waals surface area contributed by atoms with Crippen LogP contribution in [0.15, 0.2) is 18.5 Å². The fourth-order valence-electron chi connectivity index (χ4n) is 2.39. The molecule has 0 saturated heterocycles. The molecule has 1 fully saturated rings. The Bertz CT molecular complexity index is 575. The summed E-state index contributed by atoms with van der Waals surface area (Å²) in [4.78, 5) is 12.3. The number of nitrogens with zero attached hydrogens (tertiary/aromatic N) is 5. The number of aliphatic hydroxyl groups excluding tert-OH is 1. The van der Waals surface area contributed by atoms with Gasteiger partial charge in [-0.15, -0.1) is 0 Å². The maximum atomic E-state index is 9.79. The maximum Gasteiger partial charge on any atom is 0.256 e. The SMILES string of the molecule is OC1CCCC1CNc1nc(Cl)nc(-n2cccn2)n1. The van der Waals surface area contributed by atoms with Gasteiger partial charge < -0.3 is 10.4 Å². The van der Waals surface area contributed by atoms with E-state index in [9.17, 15) is 5.11 Å². The minimum absolute atomic E-state index is 0.111. The molecule has 0 radical (unpaired) electrons. The van der Waals surface area contributed by atoms with E-state index in [2.05, 4.69) is 25.4 Å². The van der Waals surface area contributed by atoms with Crippen molar-refractivity contribution in [3.63, 3.8) is 0 Å². The molecule has 2 N–H and O–H groups in total. The molecule has 2 atom stereocenters. The summed E-state index contributed by atoms with van der Waals surface area (Å²) in [6.45, 7) is 0.625. The van der Waals surface area contributed by atoms with E-state index in [0.717, 1.165) is 19.3 Å². The molecular weight excluding hydrogens is 280 g/mol. The summed E-state index contributed by atoms with van der Waals surface area (Å²) in [5.74, 6) is 0.998. The van der Waals surface area contributed by atoms with E-state index in [0.29, 0.717) is 18.4 Å². The van der Waals surface area contributed by atoms with Crippen molar-refractivity contribution in [3.8, 4) is 5.95 Å². The van der Waals surface area contributed by atoms with Crippen LogP contribution in [0.2, 0.25) is 5.28 Å². The first-order chi connectivity index (χ1) is 9.72. The molecular formula is C12H15ClN6O. The molecule has 1 saturated carbocycles. The van der Waals surface area contributed by atoms with Gasteiger partial charge in [-0.05, 0) is 30.5 Å². The first-order valence-electron chi connectivity index (χ1n) is 6.56. The highest BCUT2D eigenvalue weighted by molar-refractivity contribution is 6.28. The molecule has 106 valence electrons. The van der Waals surface area contributed by atoms with Gasteiger partial charge in [0.15, 0.2) is 0 Å². The number of halogens is 1. The first-order valence-corrected chi connectivity index (χ1v) is 6.94. The van der Waals surface area contributed by atoms with E-state index in [1.807, 2.05) is 0 Å². The average Bonchev–Trinajstić information content (AvgIpc) is 3.07. The van der Waals surface area contributed by atoms with Crippen LogP contribution in [0.25, 0.3) is 5.95 Å². The molecule has 0 aliphatic heterocycles. The van der Waals surface area contributed by atoms with Crippen molar-refractivity contribution < 1.29 is 5.11 Å². The summed E-state index contributed by atoms with van der Waals surface area (Å²) in [6.07, 6.45) is 6.06. The predicted molar refractivity (Wildman–Crippen MR) is 73.8 cm³/mol. The van der Waals surface area contributed by atoms with E-state index in [1.54, 1.807) is 18.5 Å². The summed E-state index contributed by atoms with van der Waals surface area (Å²) in [5, 5.41) is 17.1. The fraction of sp³-hybridized carbons (Fsp3) is 0.500. The van der Waals surface area contributed by atoms with Crippen molar-refractivity contribution in [1.29, 1.82) is 0 Å². The average molecular weight is 295 g/mol. The Labute approximate surface area is 121 Å². The summed E-state index contributed by atoms with van der Waals surface area (Å²) in [6, 6.07) is 1.78. The van der Waals surface area contributed by atoms with Crippen LogP contribution in [-0.4, -0.2) is 42.5 Å². The quantitative estimate of drug-likeness (QED) is 0.883. The summed E-state index contributed by atoms with van der Waals surface area (Å²) < 4.78 is 1.52. The zero-order chi connectivity index (χ0) is 13.9. The molecule has 2 heterocycles. The number of anilines is 1. The lowest BCUT2D eigenvalue weighted by molar-refractivity contribution is 0.138. The van der Waals surface area contributed by atoms with Gasteiger partial charge in [0.1, 0.15) is 0 Å². The Morgan fingerprint density at radius 3 is 2.95 bits per heavy atom. The Morgan fingerprint density at radius 1 is 1.35 bits per heavy atom. The van der Waals surface area contributed by atoms with Gasteiger partial charge in [-0.2, -0.15) is 20.1 Å². The van der Waals surface area contributed by atoms with E-state index >= 15 is 0 Å². The lowest BCUT2D eigenvalue weighted by Gasteiger charge is -2.15. The van der Waals surface area contributed by atoms with Crippen LogP contribution in [0.3, 0.4) is 0 Å². The molecule has 8 heteroatoms. The van der Waals surface area contributed by atoms with Crippen molar-refractivity contribution in [2.75, 3.05) is 11.9 Å². The highest BCUT2D eigenvalue weighted by Crippen LogP contribution is 2.25. The topological polar surface area (TPSA) is 88.8 Å². The van der Waals surface area contributed by atoms with E-state index in [4.69, 9.17) is 11.6 Å². The molecule has 2 aromatic heterocycles. The minimum Gasteiger partial charge on any atom is -0.393 e. The minimum atomic E-state index is -0.245. The lowest BCUT2D eigenvalue weighted by atomic mass is 10.1. The molecule has 1 aliphatic carbocycles. The second-order valence-corrected chi connectivity index (χ2v) is 5.16. The molecule has 20 heavy (non-hydrogen) atoms. The van der Waals surface area contributed by atoms with Gasteiger partial charge in [-0.1, -0.05) is 6.42 Å². The number of hydrogen-bond acceptors (Lipinski definition) is 6. The highest BCUT2D eigenvalue weighted by atomic mass is 35.5. The first kappa shape index (κ1) is 13.3. The summed E-state index contributed by atoms with van der Waals surface area (Å²) in [5.41, 5.74) is 0. The van der Waals surface area contributed by atoms with Gasteiger partial charge in [0.05, 0.1) is 6.10 Å². The van der Waals surface area contributed by atoms with Crippen LogP contribution in [-0.2, 0) is 0 Å². The van der Waals surface area contributed by atoms with Gasteiger partial charge in [-0.3, -0.25) is 0 Å². The Hall–Kier alpha value is -1.73. The van der Waals surface area contributed by atoms with Gasteiger partial charge in [0.25, 0.3) is 5.95 Å². The molecule has 0 aromatic carbocycles. The molecule has 0 amide bonds. The number of aromatic nitrogens is 5. The normalized spacial score (nSPS) is 22.1. The zero-order valence-corrected chi connectivity index (χ0v) is 11.5. The van der Waals surface area contributed by atoms with E-state index < -0.39 is 0 Å². The fourth-order valence-corrected chi connectivity index (χ4v) is 2.54. The number of nitrogens with one attached hydrogen (secondary N) is 1. The smallest absolute Gasteiger partial charge is 0.256 e. The lowest BCUT2D eigenvalue weighted by Crippen LogP contribution is -2.23. The monoisotopic (exact) mass is 294 g/mol. The third-order valence-corrected chi connectivity index (χ3v) is 3.62. The number of rotatable bonds is 4. The van der Waals surface area contributed by atoms with Crippen molar-refractivity contribution in [3.05, 3.63) is 23.7 Å². The van der Waals surface area contributed by atoms with Gasteiger partial charge in [0.2, 0.25) is 11.2 Å². The summed E-state index contributed by atoms with van der Waals surface area (Å²) in [7, 11) is 0. The third kappa shape index (κ3) is 2.88. The maximum absolute atomic E-state index is 9.79. The Kier molecular flexibility index (Phi) is 3.79. The largest absolute Gasteiger partial charge is 0.393 e.